The number of nitrogens with zero attached hydrogens (tertiary/aromatic N) is 1. The summed E-state index contributed by atoms with van der Waals surface area (Å²) in [6.45, 7) is 3.65. The van der Waals surface area contributed by atoms with Crippen molar-refractivity contribution in [2.45, 2.75) is 26.0 Å². The van der Waals surface area contributed by atoms with Crippen LogP contribution >= 0.6 is 0 Å². The zero-order valence-electron chi connectivity index (χ0n) is 8.56. The van der Waals surface area contributed by atoms with Gasteiger partial charge in [-0.1, -0.05) is 0 Å². The predicted octanol–water partition coefficient (Wildman–Crippen LogP) is 1.68. The topological polar surface area (TPSA) is 78.4 Å². The molecule has 2 rings (SSSR count). The molecule has 1 aromatic carbocycles. The predicted molar refractivity (Wildman–Crippen MR) is 54.9 cm³/mol. The second-order valence-electron chi connectivity index (χ2n) is 3.79. The lowest BCUT2D eigenvalue weighted by Gasteiger charge is -2.07. The molecular weight excluding hydrogens is 196 g/mol. The lowest BCUT2D eigenvalue weighted by Crippen LogP contribution is -2.21. The Hall–Kier alpha value is -1.62. The van der Waals surface area contributed by atoms with Gasteiger partial charge in [0.15, 0.2) is 0 Å². The molecule has 15 heavy (non-hydrogen) atoms. The number of aryl methyl sites for hydroxylation is 1. The molecule has 0 bridgehead atoms. The first-order valence-electron chi connectivity index (χ1n) is 4.72. The van der Waals surface area contributed by atoms with Crippen molar-refractivity contribution in [2.75, 3.05) is 0 Å². The van der Waals surface area contributed by atoms with Gasteiger partial charge in [0.1, 0.15) is 11.9 Å². The Morgan fingerprint density at radius 1 is 1.53 bits per heavy atom. The summed E-state index contributed by atoms with van der Waals surface area (Å²) < 4.78 is 5.54. The first kappa shape index (κ1) is 9.92. The number of nitro groups is 1. The molecule has 0 amide bonds. The molecule has 1 aliphatic heterocycles. The van der Waals surface area contributed by atoms with Crippen molar-refractivity contribution in [1.82, 2.24) is 0 Å². The van der Waals surface area contributed by atoms with Gasteiger partial charge in [-0.25, -0.2) is 0 Å². The number of nitrogens with two attached hydrogens (primary N) is 1. The van der Waals surface area contributed by atoms with Gasteiger partial charge in [0, 0.05) is 17.7 Å². The standard InChI is InChI=1S/C10H12N2O3/c1-5-3-7(12(13)14)4-8-9(11)6(2)15-10(5)8/h3-4,6,9H,11H2,1-2H3. The summed E-state index contributed by atoms with van der Waals surface area (Å²) in [7, 11) is 0. The lowest BCUT2D eigenvalue weighted by atomic mass is 10.0. The summed E-state index contributed by atoms with van der Waals surface area (Å²) in [4.78, 5) is 10.3. The van der Waals surface area contributed by atoms with Crippen LogP contribution in [0.3, 0.4) is 0 Å². The molecule has 0 aromatic heterocycles. The van der Waals surface area contributed by atoms with Crippen LogP contribution in [0, 0.1) is 17.0 Å². The molecule has 0 spiro atoms. The number of nitro benzene ring substituents is 1. The van der Waals surface area contributed by atoms with Gasteiger partial charge in [-0.2, -0.15) is 0 Å². The van der Waals surface area contributed by atoms with Crippen molar-refractivity contribution in [3.63, 3.8) is 0 Å². The van der Waals surface area contributed by atoms with E-state index in [1.54, 1.807) is 6.92 Å². The SMILES string of the molecule is Cc1cc([N+](=O)[O-])cc2c1OC(C)C2N. The summed E-state index contributed by atoms with van der Waals surface area (Å²) in [5.74, 6) is 0.695. The van der Waals surface area contributed by atoms with Crippen molar-refractivity contribution < 1.29 is 9.66 Å². The minimum Gasteiger partial charge on any atom is -0.488 e. The van der Waals surface area contributed by atoms with Crippen LogP contribution in [0.1, 0.15) is 24.1 Å². The first-order chi connectivity index (χ1) is 7.00. The fraction of sp³-hybridized carbons (Fsp3) is 0.400. The van der Waals surface area contributed by atoms with E-state index in [1.807, 2.05) is 6.92 Å². The number of fused-ring (bicyclic) bond motifs is 1. The van der Waals surface area contributed by atoms with Crippen LogP contribution in [0.25, 0.3) is 0 Å². The van der Waals surface area contributed by atoms with Gasteiger partial charge < -0.3 is 10.5 Å². The maximum absolute atomic E-state index is 10.7. The Labute approximate surface area is 87.0 Å². The molecule has 0 aliphatic carbocycles. The molecule has 1 aliphatic rings. The number of rotatable bonds is 1. The van der Waals surface area contributed by atoms with E-state index in [2.05, 4.69) is 0 Å². The highest BCUT2D eigenvalue weighted by Gasteiger charge is 2.31. The summed E-state index contributed by atoms with van der Waals surface area (Å²) in [6.07, 6.45) is -0.124. The van der Waals surface area contributed by atoms with Gasteiger partial charge in [-0.05, 0) is 19.4 Å². The maximum atomic E-state index is 10.7. The van der Waals surface area contributed by atoms with Crippen molar-refractivity contribution >= 4 is 5.69 Å². The van der Waals surface area contributed by atoms with E-state index in [4.69, 9.17) is 10.5 Å². The monoisotopic (exact) mass is 208 g/mol. The van der Waals surface area contributed by atoms with Gasteiger partial charge in [-0.15, -0.1) is 0 Å². The van der Waals surface area contributed by atoms with Crippen molar-refractivity contribution in [2.24, 2.45) is 5.73 Å². The van der Waals surface area contributed by atoms with Crippen molar-refractivity contribution in [3.05, 3.63) is 33.4 Å². The molecular formula is C10H12N2O3. The highest BCUT2D eigenvalue weighted by Crippen LogP contribution is 2.39. The number of hydrogen-bond acceptors (Lipinski definition) is 4. The second-order valence-corrected chi connectivity index (χ2v) is 3.79. The molecule has 1 aromatic rings. The summed E-state index contributed by atoms with van der Waals surface area (Å²) in [6, 6.07) is 2.72. The van der Waals surface area contributed by atoms with E-state index in [0.29, 0.717) is 5.75 Å². The van der Waals surface area contributed by atoms with Crippen LogP contribution < -0.4 is 10.5 Å². The second kappa shape index (κ2) is 3.20. The summed E-state index contributed by atoms with van der Waals surface area (Å²) >= 11 is 0. The number of ether oxygens (including phenoxy) is 1. The Morgan fingerprint density at radius 3 is 2.80 bits per heavy atom. The van der Waals surface area contributed by atoms with Gasteiger partial charge in [0.2, 0.25) is 0 Å². The molecule has 2 unspecified atom stereocenters. The van der Waals surface area contributed by atoms with Gasteiger partial charge in [0.25, 0.3) is 5.69 Å². The Balaban J connectivity index is 2.57. The molecule has 5 nitrogen and oxygen atoms in total. The average Bonchev–Trinajstić information content (AvgIpc) is 2.45. The van der Waals surface area contributed by atoms with Crippen LogP contribution in [0.15, 0.2) is 12.1 Å². The molecule has 2 N–H and O–H groups in total. The minimum absolute atomic E-state index is 0.0689. The normalized spacial score (nSPS) is 23.4. The average molecular weight is 208 g/mol. The molecule has 0 fully saturated rings. The molecule has 2 atom stereocenters. The van der Waals surface area contributed by atoms with E-state index in [-0.39, 0.29) is 17.8 Å². The number of benzene rings is 1. The van der Waals surface area contributed by atoms with Gasteiger partial charge in [-0.3, -0.25) is 10.1 Å². The Bertz CT molecular complexity index is 431. The molecule has 0 radical (unpaired) electrons. The van der Waals surface area contributed by atoms with Crippen LogP contribution in [-0.2, 0) is 0 Å². The maximum Gasteiger partial charge on any atom is 0.270 e. The smallest absolute Gasteiger partial charge is 0.270 e. The van der Waals surface area contributed by atoms with E-state index < -0.39 is 4.92 Å². The number of hydrogen-bond donors (Lipinski definition) is 1. The third-order valence-corrected chi connectivity index (χ3v) is 2.67. The van der Waals surface area contributed by atoms with Crippen LogP contribution in [-0.4, -0.2) is 11.0 Å². The van der Waals surface area contributed by atoms with Crippen molar-refractivity contribution in [3.8, 4) is 5.75 Å². The zero-order valence-corrected chi connectivity index (χ0v) is 8.56. The minimum atomic E-state index is -0.414. The summed E-state index contributed by atoms with van der Waals surface area (Å²) in [5.41, 5.74) is 7.44. The Morgan fingerprint density at radius 2 is 2.20 bits per heavy atom. The lowest BCUT2D eigenvalue weighted by molar-refractivity contribution is -0.385. The fourth-order valence-electron chi connectivity index (χ4n) is 1.81. The third kappa shape index (κ3) is 1.45. The fourth-order valence-corrected chi connectivity index (χ4v) is 1.81. The highest BCUT2D eigenvalue weighted by molar-refractivity contribution is 5.53. The van der Waals surface area contributed by atoms with Crippen LogP contribution in [0.5, 0.6) is 5.75 Å². The van der Waals surface area contributed by atoms with Gasteiger partial charge in [0.05, 0.1) is 11.0 Å². The third-order valence-electron chi connectivity index (χ3n) is 2.67. The van der Waals surface area contributed by atoms with Gasteiger partial charge >= 0.3 is 0 Å². The molecule has 0 saturated carbocycles. The zero-order chi connectivity index (χ0) is 11.2. The quantitative estimate of drug-likeness (QED) is 0.562. The van der Waals surface area contributed by atoms with E-state index in [1.165, 1.54) is 12.1 Å². The number of non-ortho nitro benzene ring substituents is 1. The van der Waals surface area contributed by atoms with E-state index in [9.17, 15) is 10.1 Å². The van der Waals surface area contributed by atoms with E-state index >= 15 is 0 Å². The molecule has 80 valence electrons. The first-order valence-corrected chi connectivity index (χ1v) is 4.72. The van der Waals surface area contributed by atoms with E-state index in [0.717, 1.165) is 11.1 Å². The molecule has 5 heteroatoms. The van der Waals surface area contributed by atoms with Crippen LogP contribution in [0.4, 0.5) is 5.69 Å². The van der Waals surface area contributed by atoms with Crippen LogP contribution in [0.2, 0.25) is 0 Å². The summed E-state index contributed by atoms with van der Waals surface area (Å²) in [5, 5.41) is 10.7. The largest absolute Gasteiger partial charge is 0.488 e. The molecule has 0 saturated heterocycles. The molecule has 1 heterocycles. The van der Waals surface area contributed by atoms with Crippen molar-refractivity contribution in [1.29, 1.82) is 0 Å². The Kier molecular flexibility index (Phi) is 2.12. The highest BCUT2D eigenvalue weighted by atomic mass is 16.6.